The van der Waals surface area contributed by atoms with E-state index in [1.165, 1.54) is 0 Å². The topological polar surface area (TPSA) is 37.8 Å². The molecule has 2 aromatic rings. The second-order valence-electron chi connectivity index (χ2n) is 4.64. The second-order valence-corrected chi connectivity index (χ2v) is 5.49. The molecule has 0 unspecified atom stereocenters. The summed E-state index contributed by atoms with van der Waals surface area (Å²) in [4.78, 5) is 9.21. The van der Waals surface area contributed by atoms with Gasteiger partial charge in [0.05, 0.1) is 16.4 Å². The lowest BCUT2D eigenvalue weighted by Gasteiger charge is -2.13. The van der Waals surface area contributed by atoms with Crippen molar-refractivity contribution in [3.05, 3.63) is 39.6 Å². The molecule has 20 heavy (non-hydrogen) atoms. The Hall–Kier alpha value is -1.32. The Morgan fingerprint density at radius 1 is 1.10 bits per heavy atom. The predicted molar refractivity (Wildman–Crippen MR) is 85.7 cm³/mol. The van der Waals surface area contributed by atoms with Crippen LogP contribution in [0, 0.1) is 13.8 Å². The quantitative estimate of drug-likeness (QED) is 0.873. The molecule has 0 aliphatic heterocycles. The molecule has 1 N–H and O–H groups in total. The van der Waals surface area contributed by atoms with E-state index in [9.17, 15) is 0 Å². The molecule has 106 valence electrons. The van der Waals surface area contributed by atoms with Crippen LogP contribution in [0.4, 0.5) is 5.82 Å². The zero-order chi connectivity index (χ0) is 14.7. The number of hydrogen-bond acceptors (Lipinski definition) is 3. The summed E-state index contributed by atoms with van der Waals surface area (Å²) in [5, 5.41) is 4.55. The van der Waals surface area contributed by atoms with Gasteiger partial charge in [0.1, 0.15) is 5.69 Å². The van der Waals surface area contributed by atoms with Gasteiger partial charge in [0, 0.05) is 17.1 Å². The molecule has 0 saturated carbocycles. The molecule has 0 radical (unpaired) electrons. The minimum atomic E-state index is 0.617. The van der Waals surface area contributed by atoms with Gasteiger partial charge in [-0.1, -0.05) is 30.1 Å². The van der Waals surface area contributed by atoms with Crippen molar-refractivity contribution in [2.45, 2.75) is 27.2 Å². The minimum Gasteiger partial charge on any atom is -0.368 e. The Kier molecular flexibility index (Phi) is 4.84. The molecule has 1 heterocycles. The third kappa shape index (κ3) is 3.22. The summed E-state index contributed by atoms with van der Waals surface area (Å²) in [6.07, 6.45) is 1.01. The van der Waals surface area contributed by atoms with E-state index in [2.05, 4.69) is 22.2 Å². The lowest BCUT2D eigenvalue weighted by atomic mass is 10.1. The molecule has 3 nitrogen and oxygen atoms in total. The molecule has 0 amide bonds. The van der Waals surface area contributed by atoms with Gasteiger partial charge in [-0.15, -0.1) is 0 Å². The molecule has 0 fully saturated rings. The lowest BCUT2D eigenvalue weighted by molar-refractivity contribution is 0.953. The van der Waals surface area contributed by atoms with Crippen LogP contribution in [0.1, 0.15) is 24.7 Å². The monoisotopic (exact) mass is 309 g/mol. The Bertz CT molecular complexity index is 627. The average molecular weight is 310 g/mol. The van der Waals surface area contributed by atoms with Crippen LogP contribution in [-0.2, 0) is 0 Å². The van der Waals surface area contributed by atoms with E-state index in [4.69, 9.17) is 23.2 Å². The van der Waals surface area contributed by atoms with Crippen molar-refractivity contribution >= 4 is 29.0 Å². The van der Waals surface area contributed by atoms with Gasteiger partial charge >= 0.3 is 0 Å². The molecule has 0 atom stereocenters. The first-order chi connectivity index (χ1) is 9.52. The van der Waals surface area contributed by atoms with Crippen LogP contribution in [0.5, 0.6) is 0 Å². The Morgan fingerprint density at radius 2 is 1.80 bits per heavy atom. The van der Waals surface area contributed by atoms with E-state index in [1.54, 1.807) is 12.1 Å². The number of aryl methyl sites for hydroxylation is 2. The second kappa shape index (κ2) is 6.42. The highest BCUT2D eigenvalue weighted by atomic mass is 35.5. The van der Waals surface area contributed by atoms with Crippen LogP contribution >= 0.6 is 23.2 Å². The van der Waals surface area contributed by atoms with Crippen molar-refractivity contribution < 1.29 is 0 Å². The standard InChI is InChI=1S/C15H17Cl2N3/c1-4-7-18-15-14(19-9(2)10(3)20-15)12-8-11(16)5-6-13(12)17/h5-6,8H,4,7H2,1-3H3,(H,18,20). The van der Waals surface area contributed by atoms with E-state index in [0.29, 0.717) is 10.0 Å². The fourth-order valence-electron chi connectivity index (χ4n) is 1.84. The summed E-state index contributed by atoms with van der Waals surface area (Å²) < 4.78 is 0. The maximum Gasteiger partial charge on any atom is 0.152 e. The Labute approximate surface area is 129 Å². The van der Waals surface area contributed by atoms with Crippen LogP contribution in [0.3, 0.4) is 0 Å². The molecule has 0 saturated heterocycles. The summed E-state index contributed by atoms with van der Waals surface area (Å²) in [6.45, 7) is 6.83. The third-order valence-electron chi connectivity index (χ3n) is 3.03. The molecule has 1 aromatic carbocycles. The highest BCUT2D eigenvalue weighted by Gasteiger charge is 2.14. The summed E-state index contributed by atoms with van der Waals surface area (Å²) in [6, 6.07) is 5.36. The van der Waals surface area contributed by atoms with E-state index in [1.807, 2.05) is 19.9 Å². The number of aromatic nitrogens is 2. The normalized spacial score (nSPS) is 10.7. The lowest BCUT2D eigenvalue weighted by Crippen LogP contribution is -2.07. The molecule has 0 aliphatic carbocycles. The Balaban J connectivity index is 2.58. The zero-order valence-corrected chi connectivity index (χ0v) is 13.3. The molecule has 2 rings (SSSR count). The fourth-order valence-corrected chi connectivity index (χ4v) is 2.22. The third-order valence-corrected chi connectivity index (χ3v) is 3.60. The highest BCUT2D eigenvalue weighted by molar-refractivity contribution is 6.35. The number of nitrogens with one attached hydrogen (secondary N) is 1. The molecule has 0 bridgehead atoms. The molecule has 0 aliphatic rings. The van der Waals surface area contributed by atoms with Crippen LogP contribution in [-0.4, -0.2) is 16.5 Å². The van der Waals surface area contributed by atoms with Gasteiger partial charge in [-0.05, 0) is 38.5 Å². The number of benzene rings is 1. The zero-order valence-electron chi connectivity index (χ0n) is 11.8. The SMILES string of the molecule is CCCNc1nc(C)c(C)nc1-c1cc(Cl)ccc1Cl. The number of rotatable bonds is 4. The van der Waals surface area contributed by atoms with Crippen molar-refractivity contribution in [1.29, 1.82) is 0 Å². The van der Waals surface area contributed by atoms with Crippen molar-refractivity contribution in [1.82, 2.24) is 9.97 Å². The van der Waals surface area contributed by atoms with Crippen molar-refractivity contribution in [2.24, 2.45) is 0 Å². The smallest absolute Gasteiger partial charge is 0.152 e. The summed E-state index contributed by atoms with van der Waals surface area (Å²) in [5.41, 5.74) is 3.34. The van der Waals surface area contributed by atoms with Crippen LogP contribution in [0.2, 0.25) is 10.0 Å². The van der Waals surface area contributed by atoms with Crippen molar-refractivity contribution in [2.75, 3.05) is 11.9 Å². The first-order valence-electron chi connectivity index (χ1n) is 6.57. The molecule has 5 heteroatoms. The molecular formula is C15H17Cl2N3. The van der Waals surface area contributed by atoms with E-state index < -0.39 is 0 Å². The largest absolute Gasteiger partial charge is 0.368 e. The summed E-state index contributed by atoms with van der Waals surface area (Å²) >= 11 is 12.3. The van der Waals surface area contributed by atoms with Gasteiger partial charge in [0.15, 0.2) is 5.82 Å². The Morgan fingerprint density at radius 3 is 2.50 bits per heavy atom. The molecule has 0 spiro atoms. The van der Waals surface area contributed by atoms with Crippen LogP contribution < -0.4 is 5.32 Å². The van der Waals surface area contributed by atoms with Gasteiger partial charge in [-0.3, -0.25) is 0 Å². The predicted octanol–water partition coefficient (Wildman–Crippen LogP) is 4.89. The maximum absolute atomic E-state index is 6.27. The van der Waals surface area contributed by atoms with Gasteiger partial charge < -0.3 is 5.32 Å². The minimum absolute atomic E-state index is 0.617. The van der Waals surface area contributed by atoms with Gasteiger partial charge in [0.2, 0.25) is 0 Å². The van der Waals surface area contributed by atoms with E-state index in [0.717, 1.165) is 41.4 Å². The van der Waals surface area contributed by atoms with E-state index in [-0.39, 0.29) is 0 Å². The van der Waals surface area contributed by atoms with Crippen molar-refractivity contribution in [3.8, 4) is 11.3 Å². The molecular weight excluding hydrogens is 293 g/mol. The first kappa shape index (κ1) is 15.1. The fraction of sp³-hybridized carbons (Fsp3) is 0.333. The first-order valence-corrected chi connectivity index (χ1v) is 7.33. The van der Waals surface area contributed by atoms with Crippen LogP contribution in [0.25, 0.3) is 11.3 Å². The summed E-state index contributed by atoms with van der Waals surface area (Å²) in [7, 11) is 0. The van der Waals surface area contributed by atoms with E-state index >= 15 is 0 Å². The van der Waals surface area contributed by atoms with Gasteiger partial charge in [0.25, 0.3) is 0 Å². The van der Waals surface area contributed by atoms with Crippen molar-refractivity contribution in [3.63, 3.8) is 0 Å². The number of hydrogen-bond donors (Lipinski definition) is 1. The molecule has 1 aromatic heterocycles. The van der Waals surface area contributed by atoms with Gasteiger partial charge in [-0.2, -0.15) is 0 Å². The average Bonchev–Trinajstić information content (AvgIpc) is 2.42. The van der Waals surface area contributed by atoms with Gasteiger partial charge in [-0.25, -0.2) is 9.97 Å². The number of halogens is 2. The maximum atomic E-state index is 6.27. The highest BCUT2D eigenvalue weighted by Crippen LogP contribution is 2.33. The van der Waals surface area contributed by atoms with Crippen LogP contribution in [0.15, 0.2) is 18.2 Å². The number of anilines is 1. The number of nitrogens with zero attached hydrogens (tertiary/aromatic N) is 2. The summed E-state index contributed by atoms with van der Waals surface area (Å²) in [5.74, 6) is 0.749.